The Hall–Kier alpha value is -1.37. The lowest BCUT2D eigenvalue weighted by Gasteiger charge is -2.05. The van der Waals surface area contributed by atoms with Crippen LogP contribution >= 0.6 is 0 Å². The van der Waals surface area contributed by atoms with Crippen LogP contribution in [0.3, 0.4) is 0 Å². The van der Waals surface area contributed by atoms with Crippen molar-refractivity contribution in [3.05, 3.63) is 47.8 Å². The predicted octanol–water partition coefficient (Wildman–Crippen LogP) is 3.86. The summed E-state index contributed by atoms with van der Waals surface area (Å²) in [5, 5.41) is 1.85. The van der Waals surface area contributed by atoms with Crippen LogP contribution in [0.1, 0.15) is 24.3 Å². The van der Waals surface area contributed by atoms with E-state index in [2.05, 4.69) is 0 Å². The number of hydrogen-bond acceptors (Lipinski definition) is 0. The van der Waals surface area contributed by atoms with Crippen molar-refractivity contribution in [2.24, 2.45) is 0 Å². The Bertz CT molecular complexity index is 484. The van der Waals surface area contributed by atoms with Crippen LogP contribution in [0.5, 0.6) is 0 Å². The number of fused-ring (bicyclic) bond motifs is 1. The van der Waals surface area contributed by atoms with E-state index in [1.165, 1.54) is 18.4 Å². The van der Waals surface area contributed by atoms with E-state index in [1.54, 1.807) is 6.07 Å². The van der Waals surface area contributed by atoms with Crippen molar-refractivity contribution in [3.8, 4) is 0 Å². The van der Waals surface area contributed by atoms with Gasteiger partial charge in [-0.25, -0.2) is 4.39 Å². The largest absolute Gasteiger partial charge is 0.206 e. The SMILES string of the molecule is Fc1ccc(C2CC2)c2ccccc12. The lowest BCUT2D eigenvalue weighted by Crippen LogP contribution is -1.86. The van der Waals surface area contributed by atoms with Crippen molar-refractivity contribution in [2.75, 3.05) is 0 Å². The minimum absolute atomic E-state index is 0.106. The van der Waals surface area contributed by atoms with Crippen LogP contribution < -0.4 is 0 Å². The first-order chi connectivity index (χ1) is 6.86. The van der Waals surface area contributed by atoms with Gasteiger partial charge in [-0.05, 0) is 35.8 Å². The zero-order valence-electron chi connectivity index (χ0n) is 7.83. The molecule has 0 bridgehead atoms. The lowest BCUT2D eigenvalue weighted by atomic mass is 10.0. The molecule has 0 N–H and O–H groups in total. The monoisotopic (exact) mass is 186 g/mol. The second-order valence-corrected chi connectivity index (χ2v) is 3.96. The Morgan fingerprint density at radius 1 is 0.929 bits per heavy atom. The van der Waals surface area contributed by atoms with E-state index in [1.807, 2.05) is 30.3 Å². The Labute approximate surface area is 82.4 Å². The molecular weight excluding hydrogens is 175 g/mol. The molecule has 0 spiro atoms. The zero-order chi connectivity index (χ0) is 9.54. The number of halogens is 1. The highest BCUT2D eigenvalue weighted by Crippen LogP contribution is 2.43. The molecule has 1 aliphatic carbocycles. The van der Waals surface area contributed by atoms with Crippen molar-refractivity contribution in [2.45, 2.75) is 18.8 Å². The maximum absolute atomic E-state index is 13.5. The molecule has 0 unspecified atom stereocenters. The van der Waals surface area contributed by atoms with Crippen LogP contribution in [0.4, 0.5) is 4.39 Å². The normalized spacial score (nSPS) is 16.1. The van der Waals surface area contributed by atoms with Gasteiger partial charge in [-0.2, -0.15) is 0 Å². The van der Waals surface area contributed by atoms with Crippen molar-refractivity contribution < 1.29 is 4.39 Å². The van der Waals surface area contributed by atoms with Gasteiger partial charge in [0, 0.05) is 5.39 Å². The molecule has 0 aliphatic heterocycles. The van der Waals surface area contributed by atoms with E-state index in [0.717, 1.165) is 10.8 Å². The molecule has 0 heterocycles. The van der Waals surface area contributed by atoms with Crippen LogP contribution in [0, 0.1) is 5.82 Å². The molecule has 0 saturated heterocycles. The summed E-state index contributed by atoms with van der Waals surface area (Å²) in [6.45, 7) is 0. The van der Waals surface area contributed by atoms with Gasteiger partial charge < -0.3 is 0 Å². The third-order valence-corrected chi connectivity index (χ3v) is 2.92. The molecule has 2 aromatic carbocycles. The Balaban J connectivity index is 2.35. The molecule has 1 aliphatic rings. The van der Waals surface area contributed by atoms with E-state index < -0.39 is 0 Å². The Morgan fingerprint density at radius 3 is 2.36 bits per heavy atom. The third-order valence-electron chi connectivity index (χ3n) is 2.92. The van der Waals surface area contributed by atoms with E-state index >= 15 is 0 Å². The van der Waals surface area contributed by atoms with Crippen molar-refractivity contribution in [1.82, 2.24) is 0 Å². The fraction of sp³-hybridized carbons (Fsp3) is 0.231. The van der Waals surface area contributed by atoms with Gasteiger partial charge in [-0.1, -0.05) is 30.3 Å². The van der Waals surface area contributed by atoms with Crippen LogP contribution in [0.15, 0.2) is 36.4 Å². The molecule has 3 rings (SSSR count). The maximum atomic E-state index is 13.5. The Kier molecular flexibility index (Phi) is 1.60. The van der Waals surface area contributed by atoms with Crippen LogP contribution in [-0.4, -0.2) is 0 Å². The fourth-order valence-corrected chi connectivity index (χ4v) is 2.04. The zero-order valence-corrected chi connectivity index (χ0v) is 7.83. The molecular formula is C13H11F. The topological polar surface area (TPSA) is 0 Å². The van der Waals surface area contributed by atoms with Gasteiger partial charge in [0.15, 0.2) is 0 Å². The fourth-order valence-electron chi connectivity index (χ4n) is 2.04. The summed E-state index contributed by atoms with van der Waals surface area (Å²) in [4.78, 5) is 0. The molecule has 0 radical (unpaired) electrons. The van der Waals surface area contributed by atoms with Gasteiger partial charge in [-0.15, -0.1) is 0 Å². The smallest absolute Gasteiger partial charge is 0.131 e. The molecule has 2 aromatic rings. The van der Waals surface area contributed by atoms with Crippen LogP contribution in [0.2, 0.25) is 0 Å². The number of benzene rings is 2. The quantitative estimate of drug-likeness (QED) is 0.634. The molecule has 14 heavy (non-hydrogen) atoms. The van der Waals surface area contributed by atoms with Gasteiger partial charge in [0.1, 0.15) is 5.82 Å². The second-order valence-electron chi connectivity index (χ2n) is 3.96. The molecule has 0 nitrogen and oxygen atoms in total. The van der Waals surface area contributed by atoms with Gasteiger partial charge in [0.25, 0.3) is 0 Å². The Morgan fingerprint density at radius 2 is 1.64 bits per heavy atom. The minimum atomic E-state index is -0.106. The average Bonchev–Trinajstić information content (AvgIpc) is 3.03. The summed E-state index contributed by atoms with van der Waals surface area (Å²) < 4.78 is 13.5. The molecule has 0 aromatic heterocycles. The first kappa shape index (κ1) is 7.98. The minimum Gasteiger partial charge on any atom is -0.206 e. The predicted molar refractivity (Wildman–Crippen MR) is 55.9 cm³/mol. The summed E-state index contributed by atoms with van der Waals surface area (Å²) in [6.07, 6.45) is 2.52. The van der Waals surface area contributed by atoms with Crippen molar-refractivity contribution >= 4 is 10.8 Å². The van der Waals surface area contributed by atoms with Crippen LogP contribution in [-0.2, 0) is 0 Å². The van der Waals surface area contributed by atoms with E-state index in [-0.39, 0.29) is 5.82 Å². The number of rotatable bonds is 1. The highest BCUT2D eigenvalue weighted by atomic mass is 19.1. The summed E-state index contributed by atoms with van der Waals surface area (Å²) >= 11 is 0. The lowest BCUT2D eigenvalue weighted by molar-refractivity contribution is 0.639. The van der Waals surface area contributed by atoms with Crippen LogP contribution in [0.25, 0.3) is 10.8 Å². The van der Waals surface area contributed by atoms with Crippen molar-refractivity contribution in [1.29, 1.82) is 0 Å². The highest BCUT2D eigenvalue weighted by molar-refractivity contribution is 5.87. The van der Waals surface area contributed by atoms with E-state index in [9.17, 15) is 4.39 Å². The highest BCUT2D eigenvalue weighted by Gasteiger charge is 2.25. The summed E-state index contributed by atoms with van der Waals surface area (Å²) in [5.74, 6) is 0.575. The first-order valence-electron chi connectivity index (χ1n) is 5.03. The third kappa shape index (κ3) is 1.12. The molecule has 0 atom stereocenters. The van der Waals surface area contributed by atoms with E-state index in [0.29, 0.717) is 5.92 Å². The standard InChI is InChI=1S/C13H11F/c14-13-8-7-10(9-5-6-9)11-3-1-2-4-12(11)13/h1-4,7-9H,5-6H2. The maximum Gasteiger partial charge on any atom is 0.131 e. The average molecular weight is 186 g/mol. The van der Waals surface area contributed by atoms with Gasteiger partial charge in [0.05, 0.1) is 0 Å². The van der Waals surface area contributed by atoms with Gasteiger partial charge in [-0.3, -0.25) is 0 Å². The van der Waals surface area contributed by atoms with Gasteiger partial charge in [0.2, 0.25) is 0 Å². The van der Waals surface area contributed by atoms with Crippen molar-refractivity contribution in [3.63, 3.8) is 0 Å². The molecule has 1 saturated carbocycles. The molecule has 1 heteroatoms. The second kappa shape index (κ2) is 2.81. The summed E-state index contributed by atoms with van der Waals surface area (Å²) in [6, 6.07) is 11.3. The first-order valence-corrected chi connectivity index (χ1v) is 5.03. The van der Waals surface area contributed by atoms with Gasteiger partial charge >= 0.3 is 0 Å². The summed E-state index contributed by atoms with van der Waals surface area (Å²) in [5.41, 5.74) is 1.32. The molecule has 0 amide bonds. The molecule has 70 valence electrons. The summed E-state index contributed by atoms with van der Waals surface area (Å²) in [7, 11) is 0. The molecule has 1 fully saturated rings. The van der Waals surface area contributed by atoms with E-state index in [4.69, 9.17) is 0 Å². The number of hydrogen-bond donors (Lipinski definition) is 0.